The van der Waals surface area contributed by atoms with Crippen molar-refractivity contribution < 1.29 is 52.7 Å². The zero-order chi connectivity index (χ0) is 45.9. The van der Waals surface area contributed by atoms with E-state index in [9.17, 15) is 44.3 Å². The third-order valence-corrected chi connectivity index (χ3v) is 12.0. The molecule has 1 fully saturated rings. The van der Waals surface area contributed by atoms with E-state index in [0.29, 0.717) is 22.9 Å². The summed E-state index contributed by atoms with van der Waals surface area (Å²) in [6, 6.07) is 7.67. The summed E-state index contributed by atoms with van der Waals surface area (Å²) in [6.45, 7) is -1.08. The summed E-state index contributed by atoms with van der Waals surface area (Å²) in [5.74, 6) is -13.8. The van der Waals surface area contributed by atoms with E-state index < -0.39 is 117 Å². The zero-order valence-corrected chi connectivity index (χ0v) is 34.3. The monoisotopic (exact) mass is 934 g/mol. The van der Waals surface area contributed by atoms with Crippen molar-refractivity contribution in [3.05, 3.63) is 133 Å². The molecule has 0 unspecified atom stereocenters. The van der Waals surface area contributed by atoms with Crippen molar-refractivity contribution in [3.8, 4) is 16.8 Å². The number of carbonyl (C=O) groups is 1. The van der Waals surface area contributed by atoms with E-state index in [4.69, 9.17) is 11.6 Å². The molecular weight excluding hydrogens is 907 g/mol. The maximum absolute atomic E-state index is 15.5. The Morgan fingerprint density at radius 2 is 1.66 bits per heavy atom. The normalized spacial score (nSPS) is 17.0. The number of halogens is 10. The first kappa shape index (κ1) is 42.9. The van der Waals surface area contributed by atoms with Gasteiger partial charge < -0.3 is 5.32 Å². The molecule has 2 N–H and O–H groups in total. The number of amides is 1. The largest absolute Gasteiger partial charge is 0.344 e. The Kier molecular flexibility index (Phi) is 10.1. The van der Waals surface area contributed by atoms with E-state index >= 15 is 13.2 Å². The molecule has 12 nitrogen and oxygen atoms in total. The number of nitrogens with one attached hydrogen (secondary N) is 2. The summed E-state index contributed by atoms with van der Waals surface area (Å²) in [5.41, 5.74) is -4.12. The molecule has 0 aliphatic heterocycles. The number of rotatable bonds is 11. The Morgan fingerprint density at radius 3 is 2.34 bits per heavy atom. The van der Waals surface area contributed by atoms with Crippen molar-refractivity contribution >= 4 is 55.2 Å². The van der Waals surface area contributed by atoms with E-state index in [1.165, 1.54) is 36.0 Å². The van der Waals surface area contributed by atoms with E-state index in [0.717, 1.165) is 29.0 Å². The number of carbonyl (C=O) groups excluding carboxylic acids is 1. The fraction of sp³-hybridized carbons (Fsp3) is 0.244. The minimum Gasteiger partial charge on any atom is -0.344 e. The lowest BCUT2D eigenvalue weighted by Crippen LogP contribution is -2.38. The maximum Gasteiger partial charge on any atom is 0.293 e. The van der Waals surface area contributed by atoms with Crippen LogP contribution in [0.25, 0.3) is 38.6 Å². The van der Waals surface area contributed by atoms with Crippen LogP contribution in [0, 0.1) is 35.0 Å². The average molecular weight is 935 g/mol. The molecule has 7 aromatic rings. The molecule has 332 valence electrons. The number of hydrogen-bond donors (Lipinski definition) is 2. The number of hydrogen-bond acceptors (Lipinski definition) is 7. The van der Waals surface area contributed by atoms with E-state index in [1.54, 1.807) is 0 Å². The van der Waals surface area contributed by atoms with Gasteiger partial charge in [0.15, 0.2) is 17.5 Å². The summed E-state index contributed by atoms with van der Waals surface area (Å²) in [4.78, 5) is 33.7. The van der Waals surface area contributed by atoms with Gasteiger partial charge >= 0.3 is 0 Å². The Bertz CT molecular complexity index is 3300. The predicted molar refractivity (Wildman–Crippen MR) is 213 cm³/mol. The highest BCUT2D eigenvalue weighted by atomic mass is 35.5. The van der Waals surface area contributed by atoms with Gasteiger partial charge in [0.1, 0.15) is 41.2 Å². The number of sulfonamides is 1. The average Bonchev–Trinajstić information content (AvgIpc) is 3.74. The highest BCUT2D eigenvalue weighted by Crippen LogP contribution is 2.68. The van der Waals surface area contributed by atoms with Crippen molar-refractivity contribution in [2.75, 3.05) is 11.0 Å². The van der Waals surface area contributed by atoms with Crippen LogP contribution in [0.3, 0.4) is 0 Å². The second-order valence-electron chi connectivity index (χ2n) is 15.5. The molecule has 0 radical (unpaired) electrons. The number of aryl methyl sites for hydroxylation is 1. The molecule has 1 amide bonds. The van der Waals surface area contributed by atoms with Gasteiger partial charge in [-0.25, -0.2) is 44.1 Å². The zero-order valence-electron chi connectivity index (χ0n) is 32.7. The third-order valence-electron chi connectivity index (χ3n) is 11.1. The van der Waals surface area contributed by atoms with Crippen molar-refractivity contribution in [1.82, 2.24) is 34.4 Å². The number of nitrogens with zero attached hydrogens (tertiary/aromatic N) is 6. The molecule has 64 heavy (non-hydrogen) atoms. The number of alkyl halides is 4. The lowest BCUT2D eigenvalue weighted by atomic mass is 10.0. The minimum absolute atomic E-state index is 0.00191. The van der Waals surface area contributed by atoms with Crippen LogP contribution in [-0.4, -0.2) is 49.7 Å². The molecule has 2 aliphatic carbocycles. The van der Waals surface area contributed by atoms with Crippen molar-refractivity contribution in [2.45, 2.75) is 43.7 Å². The van der Waals surface area contributed by atoms with Gasteiger partial charge in [-0.2, -0.15) is 19.0 Å². The molecule has 4 aromatic carbocycles. The van der Waals surface area contributed by atoms with E-state index in [2.05, 4.69) is 25.2 Å². The summed E-state index contributed by atoms with van der Waals surface area (Å²) in [6.07, 6.45) is -3.07. The second-order valence-corrected chi connectivity index (χ2v) is 17.7. The van der Waals surface area contributed by atoms with Crippen LogP contribution < -0.4 is 15.6 Å². The fourth-order valence-corrected chi connectivity index (χ4v) is 9.23. The number of fused-ring (bicyclic) bond motifs is 5. The molecule has 0 spiro atoms. The molecular formula is C41H28ClF9N8O4S. The van der Waals surface area contributed by atoms with E-state index in [1.807, 2.05) is 0 Å². The van der Waals surface area contributed by atoms with Crippen molar-refractivity contribution in [3.63, 3.8) is 0 Å². The topological polar surface area (TPSA) is 146 Å². The number of aromatic nitrogens is 6. The SMILES string of the molecule is Cn1nc(NS(C)(=O)=O)c2c(Cl)ccc(-n3c([C@H](Cc4cc(F)cc(F)c4)NC(=O)Cn4nc(C(F)F)c5c4C(F)(F)[C@@H]4C[C@H]54)nc4cc(-c5cc(F)c(F)cc5F)ccc4c3=O)c21. The molecule has 3 atom stereocenters. The first-order valence-corrected chi connectivity index (χ1v) is 21.2. The summed E-state index contributed by atoms with van der Waals surface area (Å²) in [5, 5.41) is 10.2. The Hall–Kier alpha value is -6.42. The van der Waals surface area contributed by atoms with E-state index in [-0.39, 0.29) is 61.4 Å². The minimum atomic E-state index is -3.98. The standard InChI is InChI=1S/C41H28ClF9N8O4S/c1-57-35-30(6-5-24(42)33(35)38(55-57)56-64(2,62)63)59-39(53-28-10-17(3-4-20(28)40(59)61)21-13-26(46)27(47)14-25(21)45)29(9-16-7-18(43)11-19(44)8-16)52-31(60)15-58-36-32(34(54-58)37(48)49)22-12-23(22)41(36,50)51/h3-8,10-11,13-14,22-23,29,37H,9,12,15H2,1-2H3,(H,52,60)(H,55,56)/t22-,23+,29-/m0/s1. The molecule has 23 heteroatoms. The first-order chi connectivity index (χ1) is 30.1. The molecule has 3 heterocycles. The molecule has 0 bridgehead atoms. The second kappa shape index (κ2) is 15.1. The predicted octanol–water partition coefficient (Wildman–Crippen LogP) is 8.10. The smallest absolute Gasteiger partial charge is 0.293 e. The van der Waals surface area contributed by atoms with Crippen LogP contribution in [0.15, 0.2) is 65.5 Å². The Labute approximate surface area is 359 Å². The van der Waals surface area contributed by atoms with Gasteiger partial charge in [0.2, 0.25) is 15.9 Å². The molecule has 0 saturated heterocycles. The summed E-state index contributed by atoms with van der Waals surface area (Å²) < 4.78 is 162. The lowest BCUT2D eigenvalue weighted by Gasteiger charge is -2.24. The first-order valence-electron chi connectivity index (χ1n) is 19.0. The van der Waals surface area contributed by atoms with Crippen molar-refractivity contribution in [2.24, 2.45) is 13.0 Å². The van der Waals surface area contributed by atoms with Gasteiger partial charge in [-0.15, -0.1) is 0 Å². The van der Waals surface area contributed by atoms with Crippen LogP contribution in [0.4, 0.5) is 45.3 Å². The molecule has 2 aliphatic rings. The van der Waals surface area contributed by atoms with Crippen molar-refractivity contribution in [1.29, 1.82) is 0 Å². The number of anilines is 1. The lowest BCUT2D eigenvalue weighted by molar-refractivity contribution is -0.123. The summed E-state index contributed by atoms with van der Waals surface area (Å²) in [7, 11) is -2.60. The quantitative estimate of drug-likeness (QED) is 0.0985. The van der Waals surface area contributed by atoms with Crippen LogP contribution in [0.2, 0.25) is 5.02 Å². The highest BCUT2D eigenvalue weighted by Gasteiger charge is 2.67. The van der Waals surface area contributed by atoms with Gasteiger partial charge in [-0.1, -0.05) is 17.7 Å². The van der Waals surface area contributed by atoms with Crippen LogP contribution in [0.1, 0.15) is 53.1 Å². The third kappa shape index (κ3) is 7.30. The summed E-state index contributed by atoms with van der Waals surface area (Å²) >= 11 is 6.58. The Morgan fingerprint density at radius 1 is 0.953 bits per heavy atom. The van der Waals surface area contributed by atoms with Crippen LogP contribution >= 0.6 is 11.6 Å². The number of benzene rings is 4. The van der Waals surface area contributed by atoms with Gasteiger partial charge in [-0.3, -0.25) is 28.2 Å². The molecule has 1 saturated carbocycles. The fourth-order valence-electron chi connectivity index (χ4n) is 8.49. The molecule has 9 rings (SSSR count). The molecule has 3 aromatic heterocycles. The van der Waals surface area contributed by atoms with Gasteiger partial charge in [0.25, 0.3) is 17.9 Å². The van der Waals surface area contributed by atoms with Gasteiger partial charge in [0.05, 0.1) is 44.8 Å². The Balaban J connectivity index is 1.27. The maximum atomic E-state index is 15.5. The highest BCUT2D eigenvalue weighted by molar-refractivity contribution is 7.92. The van der Waals surface area contributed by atoms with Crippen LogP contribution in [-0.2, 0) is 40.8 Å². The van der Waals surface area contributed by atoms with Crippen LogP contribution in [0.5, 0.6) is 0 Å². The van der Waals surface area contributed by atoms with Gasteiger partial charge in [0, 0.05) is 42.6 Å². The van der Waals surface area contributed by atoms with Gasteiger partial charge in [-0.05, 0) is 65.9 Å².